The molecule has 18 nitrogen and oxygen atoms in total. The van der Waals surface area contributed by atoms with Gasteiger partial charge in [-0.2, -0.15) is 12.6 Å². The molecular formula is C7H17F5LiO18P5S. The van der Waals surface area contributed by atoms with Crippen LogP contribution in [0.15, 0.2) is 29.2 Å². The second-order valence-electron chi connectivity index (χ2n) is 4.63. The number of benzene rings is 1. The summed E-state index contributed by atoms with van der Waals surface area (Å²) < 4.78 is 124. The summed E-state index contributed by atoms with van der Waals surface area (Å²) in [6, 6.07) is 5.99. The molecule has 0 aliphatic carbocycles. The summed E-state index contributed by atoms with van der Waals surface area (Å²) in [7, 11) is -30.0. The van der Waals surface area contributed by atoms with Crippen LogP contribution in [0.3, 0.4) is 0 Å². The van der Waals surface area contributed by atoms with Crippen molar-refractivity contribution in [2.75, 3.05) is 0 Å². The molecule has 220 valence electrons. The molecular weight excluding hydrogens is 661 g/mol. The standard InChI is InChI=1S/C7H8O3S.5FH2O3P.Li/c1-6-2-4-7(5-3-6)11(8,9)10;5*1-5(2,3)4;/h2-5H,1H3,(H,8,9,10);5*(H2,2,3,4);/q;;;;;;+1/p-1. The Bertz CT molecular complexity index is 915. The van der Waals surface area contributed by atoms with Gasteiger partial charge in [-0.1, -0.05) is 17.7 Å². The van der Waals surface area contributed by atoms with E-state index in [-0.39, 0.29) is 23.8 Å². The zero-order valence-corrected chi connectivity index (χ0v) is 22.9. The number of rotatable bonds is 1. The minimum absolute atomic E-state index is 0. The van der Waals surface area contributed by atoms with Crippen LogP contribution in [0.5, 0.6) is 0 Å². The zero-order chi connectivity index (χ0) is 31.0. The first-order chi connectivity index (χ1) is 15.0. The van der Waals surface area contributed by atoms with Gasteiger partial charge in [0.25, 0.3) is 10.1 Å². The van der Waals surface area contributed by atoms with Crippen molar-refractivity contribution in [2.24, 2.45) is 0 Å². The zero-order valence-electron chi connectivity index (χ0n) is 17.6. The Labute approximate surface area is 215 Å². The van der Waals surface area contributed by atoms with Gasteiger partial charge in [0.05, 0.1) is 4.90 Å². The fraction of sp³-hybridized carbons (Fsp3) is 0.143. The molecule has 0 spiro atoms. The molecule has 0 bridgehead atoms. The minimum atomic E-state index is -5.39. The van der Waals surface area contributed by atoms with Crippen LogP contribution in [-0.4, -0.2) is 57.0 Å². The van der Waals surface area contributed by atoms with Crippen LogP contribution in [0.1, 0.15) is 5.56 Å². The number of halogens is 5. The third kappa shape index (κ3) is 162. The molecule has 1 aromatic rings. The molecule has 37 heavy (non-hydrogen) atoms. The Balaban J connectivity index is -0.0000000812. The van der Waals surface area contributed by atoms with E-state index in [1.807, 2.05) is 6.92 Å². The monoisotopic (exact) mass is 678 g/mol. The molecule has 0 fully saturated rings. The van der Waals surface area contributed by atoms with E-state index in [1.54, 1.807) is 12.1 Å². The minimum Gasteiger partial charge on any atom is -0.753 e. The van der Waals surface area contributed by atoms with E-state index in [0.29, 0.717) is 0 Å². The molecule has 0 amide bonds. The molecule has 0 saturated heterocycles. The summed E-state index contributed by atoms with van der Waals surface area (Å²) in [6.07, 6.45) is 0. The molecule has 1 atom stereocenters. The third-order valence-electron chi connectivity index (χ3n) is 1.32. The quantitative estimate of drug-likeness (QED) is 0.0655. The van der Waals surface area contributed by atoms with Crippen LogP contribution < -0.4 is 23.8 Å². The van der Waals surface area contributed by atoms with E-state index < -0.39 is 49.7 Å². The normalized spacial score (nSPS) is 12.7. The van der Waals surface area contributed by atoms with E-state index in [2.05, 4.69) is 0 Å². The summed E-state index contributed by atoms with van der Waals surface area (Å²) in [6.45, 7) is 1.84. The van der Waals surface area contributed by atoms with Gasteiger partial charge in [0.15, 0.2) is 0 Å². The number of hydrogen-bond donors (Lipinski definition) is 10. The van der Waals surface area contributed by atoms with E-state index in [4.69, 9.17) is 76.3 Å². The summed E-state index contributed by atoms with van der Waals surface area (Å²) in [5.74, 6) is 0. The summed E-state index contributed by atoms with van der Waals surface area (Å²) >= 11 is 0. The number of hydrogen-bond acceptors (Lipinski definition) is 8. The maximum absolute atomic E-state index is 10.5. The molecule has 0 aliphatic rings. The molecule has 30 heteroatoms. The van der Waals surface area contributed by atoms with Crippen LogP contribution in [0, 0.1) is 6.92 Å². The van der Waals surface area contributed by atoms with Crippen molar-refractivity contribution in [3.05, 3.63) is 29.8 Å². The predicted molar refractivity (Wildman–Crippen MR) is 105 cm³/mol. The van der Waals surface area contributed by atoms with Crippen molar-refractivity contribution in [3.63, 3.8) is 0 Å². The van der Waals surface area contributed by atoms with Gasteiger partial charge in [0.2, 0.25) is 0 Å². The smallest absolute Gasteiger partial charge is 0.753 e. The molecule has 1 rings (SSSR count). The van der Waals surface area contributed by atoms with Crippen molar-refractivity contribution in [1.29, 1.82) is 0 Å². The molecule has 0 saturated carbocycles. The van der Waals surface area contributed by atoms with Gasteiger partial charge in [-0.3, -0.25) is 48.3 Å². The molecule has 0 aromatic heterocycles. The largest absolute Gasteiger partial charge is 1.00 e. The summed E-state index contributed by atoms with van der Waals surface area (Å²) in [4.78, 5) is 71.1. The van der Waals surface area contributed by atoms with Gasteiger partial charge in [0.1, 0.15) is 0 Å². The van der Waals surface area contributed by atoms with Gasteiger partial charge in [-0.15, -0.1) is 16.8 Å². The molecule has 10 N–H and O–H groups in total. The van der Waals surface area contributed by atoms with Crippen molar-refractivity contribution in [3.8, 4) is 0 Å². The van der Waals surface area contributed by atoms with Gasteiger partial charge in [-0.05, 0) is 19.1 Å². The van der Waals surface area contributed by atoms with Gasteiger partial charge in [-0.25, -0.2) is 18.3 Å². The van der Waals surface area contributed by atoms with Crippen molar-refractivity contribution >= 4 is 49.7 Å². The van der Waals surface area contributed by atoms with E-state index >= 15 is 0 Å². The van der Waals surface area contributed by atoms with Crippen LogP contribution >= 0.6 is 39.5 Å². The van der Waals surface area contributed by atoms with Gasteiger partial charge >= 0.3 is 58.4 Å². The Kier molecular flexibility index (Phi) is 28.3. The first-order valence-electron chi connectivity index (χ1n) is 6.78. The van der Waals surface area contributed by atoms with E-state index in [1.165, 1.54) is 12.1 Å². The average Bonchev–Trinajstić information content (AvgIpc) is 2.37. The first kappa shape index (κ1) is 50.0. The molecule has 1 aromatic carbocycles. The topological polar surface area (TPSA) is 345 Å². The van der Waals surface area contributed by atoms with Crippen LogP contribution in [0.4, 0.5) is 21.0 Å². The van der Waals surface area contributed by atoms with Crippen LogP contribution in [0.2, 0.25) is 0 Å². The van der Waals surface area contributed by atoms with Crippen molar-refractivity contribution < 1.29 is 125 Å². The average molecular weight is 678 g/mol. The van der Waals surface area contributed by atoms with Crippen molar-refractivity contribution in [1.82, 2.24) is 0 Å². The van der Waals surface area contributed by atoms with Crippen LogP contribution in [0.25, 0.3) is 0 Å². The fourth-order valence-corrected chi connectivity index (χ4v) is 1.19. The first-order valence-corrected chi connectivity index (χ1v) is 15.7. The Morgan fingerprint density at radius 3 is 0.865 bits per heavy atom. The SMILES string of the molecule is Cc1ccc(S(=O)(=O)O)cc1.O=P(O)(O)F.O=P(O)(O)F.O=P(O)(O)F.O=P(O)(O)F.O=P([O-])(O)F.[Li+]. The second-order valence-corrected chi connectivity index (χ2v) is 10.7. The predicted octanol–water partition coefficient (Wildman–Crippen LogP) is -2.14. The van der Waals surface area contributed by atoms with Crippen molar-refractivity contribution in [2.45, 2.75) is 11.8 Å². The fourth-order valence-electron chi connectivity index (χ4n) is 0.710. The maximum Gasteiger partial charge on any atom is 1.00 e. The summed E-state index contributed by atoms with van der Waals surface area (Å²) in [5.41, 5.74) is 0.956. The number of aryl methyl sites for hydroxylation is 1. The summed E-state index contributed by atoms with van der Waals surface area (Å²) in [5, 5.41) is 0. The molecule has 1 unspecified atom stereocenters. The second kappa shape index (κ2) is 21.0. The van der Waals surface area contributed by atoms with Gasteiger partial charge in [0, 0.05) is 0 Å². The molecule has 0 heterocycles. The van der Waals surface area contributed by atoms with E-state index in [9.17, 15) is 29.4 Å². The Morgan fingerprint density at radius 2 is 0.757 bits per heavy atom. The van der Waals surface area contributed by atoms with E-state index in [0.717, 1.165) is 5.56 Å². The molecule has 0 aliphatic heterocycles. The third-order valence-corrected chi connectivity index (χ3v) is 2.19. The van der Waals surface area contributed by atoms with Crippen LogP contribution in [-0.2, 0) is 32.9 Å². The van der Waals surface area contributed by atoms with Gasteiger partial charge < -0.3 is 9.79 Å². The Morgan fingerprint density at radius 1 is 0.622 bits per heavy atom. The molecule has 0 radical (unpaired) electrons. The maximum atomic E-state index is 10.5. The Hall–Kier alpha value is 0.127.